The Morgan fingerprint density at radius 2 is 1.73 bits per heavy atom. The largest absolute Gasteiger partial charge is 0.461 e. The average Bonchev–Trinajstić information content (AvgIpc) is 3.12. The Bertz CT molecular complexity index is 555. The van der Waals surface area contributed by atoms with Crippen molar-refractivity contribution in [1.82, 2.24) is 4.98 Å². The van der Waals surface area contributed by atoms with Gasteiger partial charge in [-0.05, 0) is 46.2 Å². The monoisotopic (exact) mass is 313 g/mol. The molecule has 1 saturated heterocycles. The summed E-state index contributed by atoms with van der Waals surface area (Å²) in [6.45, 7) is 7.95. The van der Waals surface area contributed by atoms with E-state index in [1.807, 2.05) is 27.7 Å². The third-order valence-corrected chi connectivity index (χ3v) is 4.95. The molecule has 0 aromatic carbocycles. The highest BCUT2D eigenvalue weighted by molar-refractivity contribution is 6.49. The van der Waals surface area contributed by atoms with Crippen molar-refractivity contribution in [3.63, 3.8) is 0 Å². The van der Waals surface area contributed by atoms with E-state index in [2.05, 4.69) is 4.98 Å². The minimum atomic E-state index is -4.35. The first-order chi connectivity index (χ1) is 10.0. The van der Waals surface area contributed by atoms with Crippen LogP contribution in [0.15, 0.2) is 18.3 Å². The smallest absolute Gasteiger partial charge is 0.403 e. The van der Waals surface area contributed by atoms with Gasteiger partial charge in [-0.25, -0.2) is 0 Å². The Balaban J connectivity index is 1.68. The molecule has 0 unspecified atom stereocenters. The van der Waals surface area contributed by atoms with Gasteiger partial charge in [0.2, 0.25) is 0 Å². The van der Waals surface area contributed by atoms with Crippen LogP contribution in [0.4, 0.5) is 13.2 Å². The maximum atomic E-state index is 12.5. The fraction of sp³-hybridized carbons (Fsp3) is 0.667. The lowest BCUT2D eigenvalue weighted by Crippen LogP contribution is -2.41. The van der Waals surface area contributed by atoms with Crippen LogP contribution in [0.25, 0.3) is 0 Å². The number of alkyl halides is 3. The fourth-order valence-corrected chi connectivity index (χ4v) is 2.71. The maximum absolute atomic E-state index is 12.5. The molecule has 1 saturated carbocycles. The molecule has 3 rings (SSSR count). The van der Waals surface area contributed by atoms with Crippen molar-refractivity contribution in [2.75, 3.05) is 0 Å². The highest BCUT2D eigenvalue weighted by Crippen LogP contribution is 2.58. The molecule has 3 nitrogen and oxygen atoms in total. The summed E-state index contributed by atoms with van der Waals surface area (Å²) < 4.78 is 49.6. The molecule has 1 aromatic rings. The van der Waals surface area contributed by atoms with Gasteiger partial charge in [-0.1, -0.05) is 0 Å². The molecule has 0 bridgehead atoms. The van der Waals surface area contributed by atoms with Crippen LogP contribution in [0.5, 0.6) is 0 Å². The van der Waals surface area contributed by atoms with Crippen molar-refractivity contribution in [2.24, 2.45) is 0 Å². The second-order valence-corrected chi connectivity index (χ2v) is 7.10. The number of hydrogen-bond donors (Lipinski definition) is 0. The van der Waals surface area contributed by atoms with Crippen molar-refractivity contribution in [1.29, 1.82) is 0 Å². The summed E-state index contributed by atoms with van der Waals surface area (Å²) in [5, 5.41) is 0. The van der Waals surface area contributed by atoms with Crippen molar-refractivity contribution in [3.05, 3.63) is 29.6 Å². The third-order valence-electron chi connectivity index (χ3n) is 4.95. The number of pyridine rings is 1. The molecule has 2 atom stereocenters. The first-order valence-electron chi connectivity index (χ1n) is 7.40. The zero-order valence-electron chi connectivity index (χ0n) is 13.1. The number of halogens is 3. The number of rotatable bonds is 2. The molecule has 0 radical (unpaired) electrons. The molecule has 22 heavy (non-hydrogen) atoms. The van der Waals surface area contributed by atoms with Crippen molar-refractivity contribution >= 4 is 7.12 Å². The number of nitrogens with zero attached hydrogens (tertiary/aromatic N) is 1. The van der Waals surface area contributed by atoms with Crippen molar-refractivity contribution in [2.45, 2.75) is 63.2 Å². The summed E-state index contributed by atoms with van der Waals surface area (Å²) in [5.74, 6) is 0.266. The Morgan fingerprint density at radius 1 is 1.14 bits per heavy atom. The van der Waals surface area contributed by atoms with Crippen LogP contribution < -0.4 is 0 Å². The summed E-state index contributed by atoms with van der Waals surface area (Å²) in [7, 11) is -0.320. The molecule has 1 aromatic heterocycles. The van der Waals surface area contributed by atoms with Crippen LogP contribution >= 0.6 is 0 Å². The van der Waals surface area contributed by atoms with E-state index in [1.165, 1.54) is 6.07 Å². The highest BCUT2D eigenvalue weighted by atomic mass is 19.4. The number of aromatic nitrogens is 1. The predicted molar refractivity (Wildman–Crippen MR) is 76.4 cm³/mol. The molecule has 7 heteroatoms. The quantitative estimate of drug-likeness (QED) is 0.772. The summed E-state index contributed by atoms with van der Waals surface area (Å²) in [5.41, 5.74) is -0.826. The SMILES string of the molecule is CC1(C)OB([C@H]2C[C@H]2c2ccc(C(F)(F)F)cn2)OC1(C)C. The van der Waals surface area contributed by atoms with Crippen LogP contribution in [0.2, 0.25) is 5.82 Å². The lowest BCUT2D eigenvalue weighted by Gasteiger charge is -2.32. The molecule has 0 amide bonds. The van der Waals surface area contributed by atoms with E-state index in [-0.39, 0.29) is 18.9 Å². The average molecular weight is 313 g/mol. The van der Waals surface area contributed by atoms with Gasteiger partial charge in [0.15, 0.2) is 0 Å². The van der Waals surface area contributed by atoms with E-state index < -0.39 is 22.9 Å². The molecule has 2 heterocycles. The molecular formula is C15H19BF3NO2. The first kappa shape index (κ1) is 15.8. The molecule has 120 valence electrons. The van der Waals surface area contributed by atoms with Gasteiger partial charge in [-0.2, -0.15) is 13.2 Å². The van der Waals surface area contributed by atoms with Crippen LogP contribution in [0.1, 0.15) is 51.3 Å². The number of hydrogen-bond acceptors (Lipinski definition) is 3. The Labute approximate surface area is 128 Å². The van der Waals surface area contributed by atoms with Gasteiger partial charge >= 0.3 is 13.3 Å². The first-order valence-corrected chi connectivity index (χ1v) is 7.40. The minimum absolute atomic E-state index is 0.108. The Kier molecular flexibility index (Phi) is 3.38. The lowest BCUT2D eigenvalue weighted by atomic mass is 9.80. The van der Waals surface area contributed by atoms with E-state index in [0.717, 1.165) is 18.7 Å². The molecule has 2 fully saturated rings. The Morgan fingerprint density at radius 3 is 2.18 bits per heavy atom. The van der Waals surface area contributed by atoms with E-state index in [0.29, 0.717) is 5.69 Å². The summed E-state index contributed by atoms with van der Waals surface area (Å²) >= 11 is 0. The van der Waals surface area contributed by atoms with Gasteiger partial charge in [0.25, 0.3) is 0 Å². The molecular weight excluding hydrogens is 294 g/mol. The topological polar surface area (TPSA) is 31.4 Å². The summed E-state index contributed by atoms with van der Waals surface area (Å²) in [6, 6.07) is 2.54. The Hall–Kier alpha value is -1.08. The van der Waals surface area contributed by atoms with E-state index in [4.69, 9.17) is 9.31 Å². The van der Waals surface area contributed by atoms with Crippen LogP contribution in [-0.4, -0.2) is 23.3 Å². The third kappa shape index (κ3) is 2.65. The predicted octanol–water partition coefficient (Wildman–Crippen LogP) is 4.05. The summed E-state index contributed by atoms with van der Waals surface area (Å²) in [6.07, 6.45) is -2.62. The van der Waals surface area contributed by atoms with Crippen molar-refractivity contribution < 1.29 is 22.5 Å². The highest BCUT2D eigenvalue weighted by Gasteiger charge is 2.60. The normalized spacial score (nSPS) is 29.7. The van der Waals surface area contributed by atoms with Gasteiger partial charge < -0.3 is 9.31 Å². The maximum Gasteiger partial charge on any atom is 0.461 e. The van der Waals surface area contributed by atoms with Gasteiger partial charge in [0.1, 0.15) is 0 Å². The van der Waals surface area contributed by atoms with Gasteiger partial charge in [-0.3, -0.25) is 4.98 Å². The standard InChI is InChI=1S/C15H19BF3NO2/c1-13(2)14(3,4)22-16(21-13)11-7-10(11)12-6-5-9(8-20-12)15(17,18)19/h5-6,8,10-11H,7H2,1-4H3/t10-,11+/m1/s1. The van der Waals surface area contributed by atoms with E-state index >= 15 is 0 Å². The van der Waals surface area contributed by atoms with E-state index in [1.54, 1.807) is 0 Å². The summed E-state index contributed by atoms with van der Waals surface area (Å²) in [4.78, 5) is 3.97. The van der Waals surface area contributed by atoms with Gasteiger partial charge in [0.05, 0.1) is 16.8 Å². The van der Waals surface area contributed by atoms with Gasteiger partial charge in [-0.15, -0.1) is 0 Å². The van der Waals surface area contributed by atoms with Crippen LogP contribution in [0, 0.1) is 0 Å². The second-order valence-electron chi connectivity index (χ2n) is 7.10. The molecule has 1 aliphatic carbocycles. The zero-order valence-corrected chi connectivity index (χ0v) is 13.1. The van der Waals surface area contributed by atoms with Gasteiger partial charge in [0, 0.05) is 23.6 Å². The van der Waals surface area contributed by atoms with Crippen LogP contribution in [-0.2, 0) is 15.5 Å². The van der Waals surface area contributed by atoms with E-state index in [9.17, 15) is 13.2 Å². The molecule has 2 aliphatic rings. The zero-order chi connectivity index (χ0) is 16.3. The molecule has 0 spiro atoms. The minimum Gasteiger partial charge on any atom is -0.403 e. The second kappa shape index (κ2) is 4.71. The lowest BCUT2D eigenvalue weighted by molar-refractivity contribution is -0.137. The van der Waals surface area contributed by atoms with Crippen molar-refractivity contribution in [3.8, 4) is 0 Å². The van der Waals surface area contributed by atoms with Crippen LogP contribution in [0.3, 0.4) is 0 Å². The fourth-order valence-electron chi connectivity index (χ4n) is 2.71. The molecule has 1 aliphatic heterocycles. The molecule has 0 N–H and O–H groups in total.